The van der Waals surface area contributed by atoms with Crippen LogP contribution in [0.3, 0.4) is 0 Å². The fourth-order valence-electron chi connectivity index (χ4n) is 4.79. The van der Waals surface area contributed by atoms with Crippen molar-refractivity contribution in [3.63, 3.8) is 0 Å². The fourth-order valence-corrected chi connectivity index (χ4v) is 4.79. The number of likely N-dealkylation sites (tertiary alicyclic amines) is 1. The molecule has 0 radical (unpaired) electrons. The van der Waals surface area contributed by atoms with Crippen molar-refractivity contribution in [1.29, 1.82) is 0 Å². The number of hydrogen-bond donors (Lipinski definition) is 1. The molecule has 196 valence electrons. The number of alkyl halides is 4. The monoisotopic (exact) mass is 520 g/mol. The van der Waals surface area contributed by atoms with Crippen molar-refractivity contribution in [3.05, 3.63) is 30.5 Å². The lowest BCUT2D eigenvalue weighted by Gasteiger charge is -2.34. The van der Waals surface area contributed by atoms with Gasteiger partial charge in [-0.05, 0) is 23.8 Å². The summed E-state index contributed by atoms with van der Waals surface area (Å²) in [6, 6.07) is 6.83. The summed E-state index contributed by atoms with van der Waals surface area (Å²) in [7, 11) is 1.48. The maximum Gasteiger partial charge on any atom is 0.390 e. The molecule has 0 unspecified atom stereocenters. The molecule has 14 heteroatoms. The summed E-state index contributed by atoms with van der Waals surface area (Å²) in [5, 5.41) is 15.5. The van der Waals surface area contributed by atoms with E-state index in [2.05, 4.69) is 30.6 Å². The van der Waals surface area contributed by atoms with Gasteiger partial charge in [-0.15, -0.1) is 10.2 Å². The lowest BCUT2D eigenvalue weighted by atomic mass is 10.1. The number of aryl methyl sites for hydroxylation is 1. The highest BCUT2D eigenvalue weighted by Gasteiger charge is 2.39. The van der Waals surface area contributed by atoms with Crippen LogP contribution >= 0.6 is 0 Å². The Hall–Kier alpha value is -3.52. The molecule has 2 atom stereocenters. The first-order valence-corrected chi connectivity index (χ1v) is 11.9. The number of fused-ring (bicyclic) bond motifs is 2. The van der Waals surface area contributed by atoms with Gasteiger partial charge in [-0.2, -0.15) is 18.2 Å². The SMILES string of the molecule is COc1nc(N[C@@H]2CN(C3COC3)C[C@@H]2F)nn2ccc(-c3ccc4nnn(CCC(F)(F)F)c4c3)c12. The summed E-state index contributed by atoms with van der Waals surface area (Å²) >= 11 is 0. The summed E-state index contributed by atoms with van der Waals surface area (Å²) in [4.78, 5) is 6.55. The number of nitrogens with zero attached hydrogens (tertiary/aromatic N) is 7. The van der Waals surface area contributed by atoms with E-state index < -0.39 is 24.8 Å². The van der Waals surface area contributed by atoms with Gasteiger partial charge in [0.25, 0.3) is 0 Å². The molecule has 0 bridgehead atoms. The standard InChI is InChI=1S/C23H24F4N8O2/c1-36-21-20-15(13-2-3-17-19(8-13)34(32-30-17)7-5-23(25,26)27)4-6-35(20)31-22(29-21)28-18-10-33(9-16(18)24)14-11-37-12-14/h2-4,6,8,14,16,18H,5,7,9-12H2,1H3,(H,28,31)/t16-,18+/m0/s1. The number of methoxy groups -OCH3 is 1. The van der Waals surface area contributed by atoms with Gasteiger partial charge in [0.05, 0.1) is 50.9 Å². The van der Waals surface area contributed by atoms with Crippen LogP contribution in [0, 0.1) is 0 Å². The highest BCUT2D eigenvalue weighted by molar-refractivity contribution is 5.89. The van der Waals surface area contributed by atoms with E-state index in [4.69, 9.17) is 9.47 Å². The maximum atomic E-state index is 14.7. The lowest BCUT2D eigenvalue weighted by molar-refractivity contribution is -0.137. The van der Waals surface area contributed by atoms with Crippen molar-refractivity contribution < 1.29 is 27.0 Å². The van der Waals surface area contributed by atoms with Gasteiger partial charge in [-0.3, -0.25) is 4.90 Å². The van der Waals surface area contributed by atoms with Crippen LogP contribution in [0.15, 0.2) is 30.5 Å². The molecular weight excluding hydrogens is 496 g/mol. The molecule has 0 saturated carbocycles. The Morgan fingerprint density at radius 2 is 2.03 bits per heavy atom. The van der Waals surface area contributed by atoms with E-state index in [1.165, 1.54) is 11.8 Å². The molecule has 10 nitrogen and oxygen atoms in total. The smallest absolute Gasteiger partial charge is 0.390 e. The second-order valence-corrected chi connectivity index (χ2v) is 9.26. The van der Waals surface area contributed by atoms with Crippen LogP contribution in [0.2, 0.25) is 0 Å². The quantitative estimate of drug-likeness (QED) is 0.372. The molecule has 1 N–H and O–H groups in total. The van der Waals surface area contributed by atoms with Crippen molar-refractivity contribution >= 4 is 22.5 Å². The Balaban J connectivity index is 1.29. The Morgan fingerprint density at radius 3 is 2.76 bits per heavy atom. The van der Waals surface area contributed by atoms with Gasteiger partial charge in [0.1, 0.15) is 17.2 Å². The number of hydrogen-bond acceptors (Lipinski definition) is 8. The van der Waals surface area contributed by atoms with Gasteiger partial charge in [-0.1, -0.05) is 11.3 Å². The molecule has 37 heavy (non-hydrogen) atoms. The molecule has 2 aliphatic heterocycles. The minimum Gasteiger partial charge on any atom is -0.479 e. The minimum atomic E-state index is -4.30. The van der Waals surface area contributed by atoms with Crippen LogP contribution in [0.1, 0.15) is 6.42 Å². The molecule has 4 aromatic rings. The zero-order valence-electron chi connectivity index (χ0n) is 19.8. The highest BCUT2D eigenvalue weighted by atomic mass is 19.4. The third-order valence-electron chi connectivity index (χ3n) is 6.83. The van der Waals surface area contributed by atoms with E-state index in [1.807, 2.05) is 6.07 Å². The van der Waals surface area contributed by atoms with Gasteiger partial charge in [0, 0.05) is 24.8 Å². The molecular formula is C23H24F4N8O2. The van der Waals surface area contributed by atoms with Crippen molar-refractivity contribution in [1.82, 2.24) is 34.5 Å². The van der Waals surface area contributed by atoms with E-state index in [0.29, 0.717) is 54.0 Å². The molecule has 2 aliphatic rings. The lowest BCUT2D eigenvalue weighted by Crippen LogP contribution is -2.48. The largest absolute Gasteiger partial charge is 0.479 e. The first-order chi connectivity index (χ1) is 17.8. The molecule has 2 fully saturated rings. The predicted octanol–water partition coefficient (Wildman–Crippen LogP) is 2.94. The van der Waals surface area contributed by atoms with Gasteiger partial charge in [0.15, 0.2) is 0 Å². The molecule has 6 rings (SSSR count). The maximum absolute atomic E-state index is 14.7. The minimum absolute atomic E-state index is 0.232. The number of ether oxygens (including phenoxy) is 2. The fraction of sp³-hybridized carbons (Fsp3) is 0.478. The van der Waals surface area contributed by atoms with Gasteiger partial charge >= 0.3 is 6.18 Å². The molecule has 0 amide bonds. The zero-order valence-corrected chi connectivity index (χ0v) is 19.8. The summed E-state index contributed by atoms with van der Waals surface area (Å²) in [5.74, 6) is 0.509. The molecule has 0 aliphatic carbocycles. The van der Waals surface area contributed by atoms with E-state index in [9.17, 15) is 17.6 Å². The van der Waals surface area contributed by atoms with Gasteiger partial charge in [0.2, 0.25) is 11.8 Å². The molecule has 0 spiro atoms. The van der Waals surface area contributed by atoms with Gasteiger partial charge < -0.3 is 14.8 Å². The summed E-state index contributed by atoms with van der Waals surface area (Å²) < 4.78 is 66.5. The van der Waals surface area contributed by atoms with E-state index in [1.54, 1.807) is 28.9 Å². The van der Waals surface area contributed by atoms with Crippen LogP contribution in [0.25, 0.3) is 27.7 Å². The average Bonchev–Trinajstić information content (AvgIpc) is 3.52. The topological polar surface area (TPSA) is 94.6 Å². The van der Waals surface area contributed by atoms with Crippen LogP contribution in [-0.2, 0) is 11.3 Å². The number of nitrogens with one attached hydrogen (secondary N) is 1. The van der Waals surface area contributed by atoms with Crippen molar-refractivity contribution in [2.45, 2.75) is 37.4 Å². The number of benzene rings is 1. The van der Waals surface area contributed by atoms with Crippen LogP contribution < -0.4 is 10.1 Å². The molecule has 5 heterocycles. The van der Waals surface area contributed by atoms with Crippen molar-refractivity contribution in [2.75, 3.05) is 38.7 Å². The van der Waals surface area contributed by atoms with Gasteiger partial charge in [-0.25, -0.2) is 13.6 Å². The second-order valence-electron chi connectivity index (χ2n) is 9.26. The summed E-state index contributed by atoms with van der Waals surface area (Å²) in [6.45, 7) is 1.75. The highest BCUT2D eigenvalue weighted by Crippen LogP contribution is 2.33. The Bertz CT molecular complexity index is 1430. The van der Waals surface area contributed by atoms with Crippen molar-refractivity contribution in [2.24, 2.45) is 0 Å². The number of aromatic nitrogens is 6. The van der Waals surface area contributed by atoms with E-state index in [-0.39, 0.29) is 24.4 Å². The summed E-state index contributed by atoms with van der Waals surface area (Å²) in [5.41, 5.74) is 2.97. The van der Waals surface area contributed by atoms with Crippen LogP contribution in [-0.4, -0.2) is 92.3 Å². The Kier molecular flexibility index (Phi) is 5.87. The van der Waals surface area contributed by atoms with Crippen LogP contribution in [0.5, 0.6) is 5.88 Å². The van der Waals surface area contributed by atoms with Crippen molar-refractivity contribution in [3.8, 4) is 17.0 Å². The number of anilines is 1. The predicted molar refractivity (Wildman–Crippen MR) is 125 cm³/mol. The average molecular weight is 520 g/mol. The first-order valence-electron chi connectivity index (χ1n) is 11.9. The van der Waals surface area contributed by atoms with E-state index >= 15 is 0 Å². The van der Waals surface area contributed by atoms with E-state index in [0.717, 1.165) is 0 Å². The summed E-state index contributed by atoms with van der Waals surface area (Å²) in [6.07, 6.45) is -4.65. The first kappa shape index (κ1) is 23.9. The molecule has 3 aromatic heterocycles. The third-order valence-corrected chi connectivity index (χ3v) is 6.83. The zero-order chi connectivity index (χ0) is 25.7. The second kappa shape index (κ2) is 9.10. The Morgan fingerprint density at radius 1 is 1.19 bits per heavy atom. The van der Waals surface area contributed by atoms with Crippen LogP contribution in [0.4, 0.5) is 23.5 Å². The molecule has 2 saturated heterocycles. The molecule has 1 aromatic carbocycles. The number of rotatable bonds is 7. The normalized spacial score (nSPS) is 21.1. The third kappa shape index (κ3) is 4.55. The Labute approximate surface area is 208 Å². The number of halogens is 4.